The summed E-state index contributed by atoms with van der Waals surface area (Å²) in [7, 11) is -3.14. The van der Waals surface area contributed by atoms with Crippen LogP contribution >= 0.6 is 11.3 Å². The highest BCUT2D eigenvalue weighted by molar-refractivity contribution is 7.89. The fraction of sp³-hybridized carbons (Fsp3) is 0.636. The lowest BCUT2D eigenvalue weighted by Crippen LogP contribution is -2.32. The maximum atomic E-state index is 11.7. The summed E-state index contributed by atoms with van der Waals surface area (Å²) in [4.78, 5) is 2.26. The molecule has 1 heterocycles. The second-order valence-electron chi connectivity index (χ2n) is 4.38. The maximum absolute atomic E-state index is 11.7. The molecule has 0 aliphatic heterocycles. The largest absolute Gasteiger partial charge is 0.313 e. The van der Waals surface area contributed by atoms with Gasteiger partial charge in [0, 0.05) is 28.9 Å². The maximum Gasteiger partial charge on any atom is 0.213 e. The van der Waals surface area contributed by atoms with E-state index in [0.29, 0.717) is 19.1 Å². The number of aryl methyl sites for hydroxylation is 1. The molecule has 0 radical (unpaired) electrons. The third-order valence-electron chi connectivity index (χ3n) is 2.64. The summed E-state index contributed by atoms with van der Waals surface area (Å²) in [6, 6.07) is 4.53. The summed E-state index contributed by atoms with van der Waals surface area (Å²) in [5.41, 5.74) is 0. The zero-order chi connectivity index (χ0) is 12.3. The van der Waals surface area contributed by atoms with E-state index in [9.17, 15) is 8.42 Å². The second-order valence-corrected chi connectivity index (χ2v) is 7.68. The Morgan fingerprint density at radius 1 is 1.41 bits per heavy atom. The van der Waals surface area contributed by atoms with Crippen molar-refractivity contribution in [1.82, 2.24) is 10.0 Å². The van der Waals surface area contributed by atoms with Crippen molar-refractivity contribution < 1.29 is 8.42 Å². The Bertz CT molecular complexity index is 464. The van der Waals surface area contributed by atoms with Crippen molar-refractivity contribution in [1.29, 1.82) is 0 Å². The number of thiophene rings is 1. The molecule has 1 fully saturated rings. The smallest absolute Gasteiger partial charge is 0.213 e. The molecule has 1 aliphatic carbocycles. The van der Waals surface area contributed by atoms with Gasteiger partial charge in [-0.1, -0.05) is 0 Å². The molecule has 0 bridgehead atoms. The van der Waals surface area contributed by atoms with Crippen molar-refractivity contribution in [3.05, 3.63) is 21.9 Å². The van der Waals surface area contributed by atoms with E-state index < -0.39 is 10.0 Å². The van der Waals surface area contributed by atoms with Crippen LogP contribution in [0.5, 0.6) is 0 Å². The molecule has 1 aromatic rings. The van der Waals surface area contributed by atoms with E-state index >= 15 is 0 Å². The minimum absolute atomic E-state index is 0.161. The van der Waals surface area contributed by atoms with Crippen LogP contribution in [-0.4, -0.2) is 26.8 Å². The van der Waals surface area contributed by atoms with Gasteiger partial charge in [-0.25, -0.2) is 13.1 Å². The predicted molar refractivity (Wildman–Crippen MR) is 70.7 cm³/mol. The Kier molecular flexibility index (Phi) is 4.19. The summed E-state index contributed by atoms with van der Waals surface area (Å²) in [5.74, 6) is 0.161. The lowest BCUT2D eigenvalue weighted by molar-refractivity contribution is 0.576. The molecule has 96 valence electrons. The van der Waals surface area contributed by atoms with Gasteiger partial charge in [0.05, 0.1) is 5.75 Å². The van der Waals surface area contributed by atoms with Crippen LogP contribution in [0.2, 0.25) is 0 Å². The Balaban J connectivity index is 1.72. The van der Waals surface area contributed by atoms with Gasteiger partial charge in [-0.2, -0.15) is 0 Å². The second kappa shape index (κ2) is 5.48. The minimum atomic E-state index is -3.14. The van der Waals surface area contributed by atoms with Crippen LogP contribution in [0, 0.1) is 6.92 Å². The molecule has 4 nitrogen and oxygen atoms in total. The summed E-state index contributed by atoms with van der Waals surface area (Å²) in [6.07, 6.45) is 2.36. The van der Waals surface area contributed by atoms with E-state index in [1.54, 1.807) is 11.3 Å². The van der Waals surface area contributed by atoms with Crippen LogP contribution in [0.15, 0.2) is 12.1 Å². The number of hydrogen-bond donors (Lipinski definition) is 2. The van der Waals surface area contributed by atoms with Crippen molar-refractivity contribution in [3.8, 4) is 0 Å². The molecule has 1 aliphatic rings. The lowest BCUT2D eigenvalue weighted by atomic mass is 10.4. The Morgan fingerprint density at radius 3 is 2.76 bits per heavy atom. The van der Waals surface area contributed by atoms with E-state index in [-0.39, 0.29) is 5.75 Å². The van der Waals surface area contributed by atoms with Gasteiger partial charge in [0.15, 0.2) is 0 Å². The van der Waals surface area contributed by atoms with Crippen molar-refractivity contribution in [3.63, 3.8) is 0 Å². The fourth-order valence-electron chi connectivity index (χ4n) is 1.52. The Hall–Kier alpha value is -0.430. The molecule has 17 heavy (non-hydrogen) atoms. The van der Waals surface area contributed by atoms with Crippen LogP contribution < -0.4 is 10.0 Å². The molecule has 2 N–H and O–H groups in total. The van der Waals surface area contributed by atoms with Crippen molar-refractivity contribution in [2.45, 2.75) is 32.4 Å². The Labute approximate surface area is 106 Å². The first-order valence-electron chi connectivity index (χ1n) is 5.81. The molecular weight excluding hydrogens is 256 g/mol. The van der Waals surface area contributed by atoms with E-state index in [2.05, 4.69) is 10.0 Å². The SMILES string of the molecule is Cc1ccc(CNS(=O)(=O)CCNC2CC2)s1. The number of rotatable bonds is 7. The third kappa shape index (κ3) is 4.75. The van der Waals surface area contributed by atoms with Crippen molar-refractivity contribution in [2.24, 2.45) is 0 Å². The van der Waals surface area contributed by atoms with Crippen molar-refractivity contribution in [2.75, 3.05) is 12.3 Å². The summed E-state index contributed by atoms with van der Waals surface area (Å²) < 4.78 is 26.0. The van der Waals surface area contributed by atoms with Gasteiger partial charge >= 0.3 is 0 Å². The van der Waals surface area contributed by atoms with Gasteiger partial charge in [0.2, 0.25) is 10.0 Å². The van der Waals surface area contributed by atoms with Crippen LogP contribution in [0.25, 0.3) is 0 Å². The molecule has 0 unspecified atom stereocenters. The van der Waals surface area contributed by atoms with Gasteiger partial charge in [-0.15, -0.1) is 11.3 Å². The average Bonchev–Trinajstić information content (AvgIpc) is 2.98. The normalized spacial score (nSPS) is 16.3. The monoisotopic (exact) mass is 274 g/mol. The fourth-order valence-corrected chi connectivity index (χ4v) is 3.35. The summed E-state index contributed by atoms with van der Waals surface area (Å²) in [5, 5.41) is 3.20. The first-order chi connectivity index (χ1) is 8.05. The third-order valence-corrected chi connectivity index (χ3v) is 4.97. The highest BCUT2D eigenvalue weighted by Gasteiger charge is 2.21. The van der Waals surface area contributed by atoms with Gasteiger partial charge in [0.1, 0.15) is 0 Å². The molecule has 0 atom stereocenters. The number of nitrogens with one attached hydrogen (secondary N) is 2. The topological polar surface area (TPSA) is 58.2 Å². The van der Waals surface area contributed by atoms with Crippen LogP contribution in [0.1, 0.15) is 22.6 Å². The first kappa shape index (κ1) is 13.0. The van der Waals surface area contributed by atoms with E-state index in [1.807, 2.05) is 19.1 Å². The summed E-state index contributed by atoms with van der Waals surface area (Å²) in [6.45, 7) is 2.97. The molecule has 0 amide bonds. The molecule has 0 saturated heterocycles. The summed E-state index contributed by atoms with van der Waals surface area (Å²) >= 11 is 1.62. The van der Waals surface area contributed by atoms with Gasteiger partial charge < -0.3 is 5.32 Å². The number of hydrogen-bond acceptors (Lipinski definition) is 4. The minimum Gasteiger partial charge on any atom is -0.313 e. The molecule has 0 spiro atoms. The molecule has 6 heteroatoms. The van der Waals surface area contributed by atoms with E-state index in [4.69, 9.17) is 0 Å². The molecule has 0 aromatic carbocycles. The number of sulfonamides is 1. The van der Waals surface area contributed by atoms with Crippen LogP contribution in [-0.2, 0) is 16.6 Å². The average molecular weight is 274 g/mol. The quantitative estimate of drug-likeness (QED) is 0.786. The highest BCUT2D eigenvalue weighted by atomic mass is 32.2. The highest BCUT2D eigenvalue weighted by Crippen LogP contribution is 2.18. The van der Waals surface area contributed by atoms with Gasteiger partial charge in [0.25, 0.3) is 0 Å². The predicted octanol–water partition coefficient (Wildman–Crippen LogP) is 1.23. The zero-order valence-electron chi connectivity index (χ0n) is 9.90. The first-order valence-corrected chi connectivity index (χ1v) is 8.28. The molecule has 1 saturated carbocycles. The molecular formula is C11H18N2O2S2. The standard InChI is InChI=1S/C11H18N2O2S2/c1-9-2-5-11(16-9)8-13-17(14,15)7-6-12-10-3-4-10/h2,5,10,12-13H,3-4,6-8H2,1H3. The van der Waals surface area contributed by atoms with E-state index in [0.717, 1.165) is 4.88 Å². The van der Waals surface area contributed by atoms with E-state index in [1.165, 1.54) is 17.7 Å². The molecule has 1 aromatic heterocycles. The zero-order valence-corrected chi connectivity index (χ0v) is 11.5. The lowest BCUT2D eigenvalue weighted by Gasteiger charge is -2.06. The van der Waals surface area contributed by atoms with Crippen LogP contribution in [0.3, 0.4) is 0 Å². The van der Waals surface area contributed by atoms with Gasteiger partial charge in [-0.05, 0) is 31.9 Å². The van der Waals surface area contributed by atoms with Gasteiger partial charge in [-0.3, -0.25) is 0 Å². The molecule has 2 rings (SSSR count). The Morgan fingerprint density at radius 2 is 2.18 bits per heavy atom. The van der Waals surface area contributed by atoms with Crippen molar-refractivity contribution >= 4 is 21.4 Å². The van der Waals surface area contributed by atoms with Crippen LogP contribution in [0.4, 0.5) is 0 Å².